The fourth-order valence-electron chi connectivity index (χ4n) is 3.94. The number of halogens is 1. The number of aliphatic imine (C=N–C) groups is 1. The van der Waals surface area contributed by atoms with Gasteiger partial charge >= 0.3 is 0 Å². The molecule has 0 amide bonds. The maximum absolute atomic E-state index is 5.70. The summed E-state index contributed by atoms with van der Waals surface area (Å²) in [5.41, 5.74) is 0. The predicted octanol–water partition coefficient (Wildman–Crippen LogP) is 2.29. The average Bonchev–Trinajstić information content (AvgIpc) is 3.27. The lowest BCUT2D eigenvalue weighted by Crippen LogP contribution is -2.49. The summed E-state index contributed by atoms with van der Waals surface area (Å²) in [6, 6.07) is 0.593. The molecule has 2 aliphatic rings. The molecule has 2 atom stereocenters. The molecule has 2 aliphatic heterocycles. The second kappa shape index (κ2) is 13.1. The zero-order chi connectivity index (χ0) is 18.1. The van der Waals surface area contributed by atoms with Crippen LogP contribution in [0.4, 0.5) is 0 Å². The minimum atomic E-state index is 0. The first kappa shape index (κ1) is 23.9. The summed E-state index contributed by atoms with van der Waals surface area (Å²) in [5.74, 6) is 2.29. The summed E-state index contributed by atoms with van der Waals surface area (Å²) in [4.78, 5) is 9.55. The van der Waals surface area contributed by atoms with Gasteiger partial charge in [-0.15, -0.1) is 24.0 Å². The molecule has 0 saturated carbocycles. The molecule has 2 heterocycles. The Morgan fingerprint density at radius 2 is 1.92 bits per heavy atom. The van der Waals surface area contributed by atoms with Crippen LogP contribution in [0.5, 0.6) is 0 Å². The van der Waals surface area contributed by atoms with Crippen molar-refractivity contribution in [2.75, 3.05) is 66.7 Å². The zero-order valence-corrected chi connectivity index (χ0v) is 19.4. The van der Waals surface area contributed by atoms with Crippen LogP contribution in [-0.2, 0) is 9.47 Å². The number of methoxy groups -OCH3 is 1. The van der Waals surface area contributed by atoms with Crippen LogP contribution in [-0.4, -0.2) is 88.5 Å². The molecule has 0 aromatic heterocycles. The lowest BCUT2D eigenvalue weighted by molar-refractivity contribution is 0.0536. The Labute approximate surface area is 177 Å². The minimum Gasteiger partial charge on any atom is -0.382 e. The van der Waals surface area contributed by atoms with Crippen LogP contribution in [0.2, 0.25) is 0 Å². The third kappa shape index (κ3) is 7.48. The van der Waals surface area contributed by atoms with Crippen LogP contribution >= 0.6 is 24.0 Å². The largest absolute Gasteiger partial charge is 0.382 e. The third-order valence-corrected chi connectivity index (χ3v) is 5.43. The molecule has 0 aliphatic carbocycles. The first-order valence-electron chi connectivity index (χ1n) is 9.92. The lowest BCUT2D eigenvalue weighted by atomic mass is 10.0. The monoisotopic (exact) mass is 482 g/mol. The maximum atomic E-state index is 5.70. The highest BCUT2D eigenvalue weighted by atomic mass is 127. The van der Waals surface area contributed by atoms with E-state index in [0.717, 1.165) is 32.2 Å². The molecule has 7 heteroatoms. The fourth-order valence-corrected chi connectivity index (χ4v) is 3.94. The molecule has 6 nitrogen and oxygen atoms in total. The van der Waals surface area contributed by atoms with Gasteiger partial charge in [0.1, 0.15) is 0 Å². The van der Waals surface area contributed by atoms with E-state index in [1.165, 1.54) is 32.4 Å². The number of likely N-dealkylation sites (tertiary alicyclic amines) is 2. The van der Waals surface area contributed by atoms with E-state index in [2.05, 4.69) is 34.0 Å². The predicted molar refractivity (Wildman–Crippen MR) is 119 cm³/mol. The maximum Gasteiger partial charge on any atom is 0.193 e. The highest BCUT2D eigenvalue weighted by molar-refractivity contribution is 14.0. The Kier molecular flexibility index (Phi) is 12.1. The Balaban J connectivity index is 0.00000338. The summed E-state index contributed by atoms with van der Waals surface area (Å²) in [7, 11) is 3.61. The van der Waals surface area contributed by atoms with Gasteiger partial charge in [0, 0.05) is 45.8 Å². The van der Waals surface area contributed by atoms with Crippen molar-refractivity contribution in [2.45, 2.75) is 39.2 Å². The standard InChI is InChI=1S/C19H38N4O2.HI/c1-16(2)18(22-8-5-6-9-22)13-21-19(20-3)23-10-7-17(14-23)15-25-12-11-24-4;/h16-18H,5-15H2,1-4H3,(H,20,21);1H. The molecule has 26 heavy (non-hydrogen) atoms. The van der Waals surface area contributed by atoms with Gasteiger partial charge in [-0.3, -0.25) is 9.89 Å². The number of guanidine groups is 1. The summed E-state index contributed by atoms with van der Waals surface area (Å²) < 4.78 is 10.7. The Morgan fingerprint density at radius 3 is 2.54 bits per heavy atom. The number of rotatable bonds is 9. The highest BCUT2D eigenvalue weighted by Gasteiger charge is 2.28. The van der Waals surface area contributed by atoms with E-state index in [9.17, 15) is 0 Å². The SMILES string of the molecule is CN=C(NCC(C(C)C)N1CCCC1)N1CCC(COCCOC)C1.I. The van der Waals surface area contributed by atoms with Crippen LogP contribution in [0, 0.1) is 11.8 Å². The van der Waals surface area contributed by atoms with Crippen LogP contribution in [0.3, 0.4) is 0 Å². The molecule has 2 unspecified atom stereocenters. The minimum absolute atomic E-state index is 0. The number of hydrogen-bond acceptors (Lipinski definition) is 4. The van der Waals surface area contributed by atoms with Crippen LogP contribution in [0.15, 0.2) is 4.99 Å². The highest BCUT2D eigenvalue weighted by Crippen LogP contribution is 2.19. The van der Waals surface area contributed by atoms with E-state index < -0.39 is 0 Å². The van der Waals surface area contributed by atoms with Crippen LogP contribution in [0.25, 0.3) is 0 Å². The second-order valence-corrected chi connectivity index (χ2v) is 7.65. The normalized spacial score (nSPS) is 22.7. The van der Waals surface area contributed by atoms with E-state index in [1.54, 1.807) is 7.11 Å². The first-order chi connectivity index (χ1) is 12.2. The van der Waals surface area contributed by atoms with Crippen molar-refractivity contribution in [2.24, 2.45) is 16.8 Å². The summed E-state index contributed by atoms with van der Waals surface area (Å²) >= 11 is 0. The van der Waals surface area contributed by atoms with E-state index >= 15 is 0 Å². The van der Waals surface area contributed by atoms with E-state index in [1.807, 2.05) is 7.05 Å². The molecular weight excluding hydrogens is 443 g/mol. The Morgan fingerprint density at radius 1 is 1.19 bits per heavy atom. The molecule has 0 radical (unpaired) electrons. The van der Waals surface area contributed by atoms with Gasteiger partial charge in [-0.25, -0.2) is 0 Å². The first-order valence-corrected chi connectivity index (χ1v) is 9.92. The van der Waals surface area contributed by atoms with E-state index in [0.29, 0.717) is 31.1 Å². The second-order valence-electron chi connectivity index (χ2n) is 7.65. The Bertz CT molecular complexity index is 403. The number of hydrogen-bond donors (Lipinski definition) is 1. The average molecular weight is 482 g/mol. The molecular formula is C19H39IN4O2. The summed E-state index contributed by atoms with van der Waals surface area (Å²) in [6.07, 6.45) is 3.86. The zero-order valence-electron chi connectivity index (χ0n) is 17.1. The molecule has 0 aromatic carbocycles. The van der Waals surface area contributed by atoms with Gasteiger partial charge in [0.25, 0.3) is 0 Å². The van der Waals surface area contributed by atoms with Gasteiger partial charge in [-0.2, -0.15) is 0 Å². The van der Waals surface area contributed by atoms with Crippen LogP contribution in [0.1, 0.15) is 33.1 Å². The summed E-state index contributed by atoms with van der Waals surface area (Å²) in [6.45, 7) is 12.4. The van der Waals surface area contributed by atoms with Crippen molar-refractivity contribution in [3.63, 3.8) is 0 Å². The number of ether oxygens (including phenoxy) is 2. The lowest BCUT2D eigenvalue weighted by Gasteiger charge is -2.32. The number of nitrogens with one attached hydrogen (secondary N) is 1. The quantitative estimate of drug-likeness (QED) is 0.237. The molecule has 2 rings (SSSR count). The van der Waals surface area contributed by atoms with Crippen molar-refractivity contribution in [3.05, 3.63) is 0 Å². The smallest absolute Gasteiger partial charge is 0.193 e. The van der Waals surface area contributed by atoms with Gasteiger partial charge in [0.05, 0.1) is 19.8 Å². The van der Waals surface area contributed by atoms with E-state index in [-0.39, 0.29) is 24.0 Å². The molecule has 0 aromatic rings. The van der Waals surface area contributed by atoms with Gasteiger partial charge < -0.3 is 19.7 Å². The molecule has 0 spiro atoms. The molecule has 0 bridgehead atoms. The third-order valence-electron chi connectivity index (χ3n) is 5.43. The topological polar surface area (TPSA) is 49.3 Å². The van der Waals surface area contributed by atoms with Crippen molar-refractivity contribution < 1.29 is 9.47 Å². The van der Waals surface area contributed by atoms with Gasteiger partial charge in [-0.05, 0) is 38.3 Å². The molecule has 2 fully saturated rings. The number of nitrogens with zero attached hydrogens (tertiary/aromatic N) is 3. The van der Waals surface area contributed by atoms with Gasteiger partial charge in [0.15, 0.2) is 5.96 Å². The fraction of sp³-hybridized carbons (Fsp3) is 0.947. The van der Waals surface area contributed by atoms with Crippen molar-refractivity contribution >= 4 is 29.9 Å². The van der Waals surface area contributed by atoms with Crippen molar-refractivity contribution in [1.29, 1.82) is 0 Å². The molecule has 2 saturated heterocycles. The van der Waals surface area contributed by atoms with Crippen LogP contribution < -0.4 is 5.32 Å². The van der Waals surface area contributed by atoms with Crippen molar-refractivity contribution in [3.8, 4) is 0 Å². The van der Waals surface area contributed by atoms with Gasteiger partial charge in [-0.1, -0.05) is 13.8 Å². The van der Waals surface area contributed by atoms with Crippen molar-refractivity contribution in [1.82, 2.24) is 15.1 Å². The molecule has 1 N–H and O–H groups in total. The molecule has 154 valence electrons. The van der Waals surface area contributed by atoms with Gasteiger partial charge in [0.2, 0.25) is 0 Å². The summed E-state index contributed by atoms with van der Waals surface area (Å²) in [5, 5.41) is 3.64. The van der Waals surface area contributed by atoms with E-state index in [4.69, 9.17) is 9.47 Å². The Hall–Kier alpha value is -0.120.